The van der Waals surface area contributed by atoms with E-state index in [-0.39, 0.29) is 22.3 Å². The lowest BCUT2D eigenvalue weighted by Gasteiger charge is -2.48. The fourth-order valence-electron chi connectivity index (χ4n) is 4.90. The number of fused-ring (bicyclic) bond motifs is 1. The van der Waals surface area contributed by atoms with E-state index in [9.17, 15) is 19.8 Å². The van der Waals surface area contributed by atoms with Crippen molar-refractivity contribution < 1.29 is 43.1 Å². The van der Waals surface area contributed by atoms with Crippen LogP contribution in [0.1, 0.15) is 49.0 Å². The van der Waals surface area contributed by atoms with Gasteiger partial charge in [0, 0.05) is 19.3 Å². The van der Waals surface area contributed by atoms with Crippen molar-refractivity contribution in [3.63, 3.8) is 0 Å². The number of hydrogen-bond donors (Lipinski definition) is 2. The highest BCUT2D eigenvalue weighted by molar-refractivity contribution is 7.99. The van der Waals surface area contributed by atoms with Crippen LogP contribution in [0.15, 0.2) is 21.3 Å². The van der Waals surface area contributed by atoms with Crippen molar-refractivity contribution in [1.82, 2.24) is 0 Å². The Morgan fingerprint density at radius 1 is 1.27 bits per heavy atom. The zero-order valence-corrected chi connectivity index (χ0v) is 22.5. The normalized spacial score (nSPS) is 27.8. The van der Waals surface area contributed by atoms with E-state index < -0.39 is 53.7 Å². The van der Waals surface area contributed by atoms with E-state index in [1.807, 2.05) is 0 Å². The van der Waals surface area contributed by atoms with Crippen molar-refractivity contribution in [3.8, 4) is 11.5 Å². The summed E-state index contributed by atoms with van der Waals surface area (Å²) in [6.45, 7) is 5.79. The summed E-state index contributed by atoms with van der Waals surface area (Å²) in [6.07, 6.45) is -0.0151. The Kier molecular flexibility index (Phi) is 8.51. The maximum atomic E-state index is 12.6. The molecule has 2 aliphatic rings. The number of Topliss-reactive ketones (excluding diaryl/α,β-unsaturated/α-hetero) is 1. The first-order chi connectivity index (χ1) is 17.6. The SMILES string of the molecule is CO[C@@H]1[C@H](O)[C@@H](OC2CCCCO2)[C@H](Oc2ccc3c(O)c(C(=O)CSC)c(=O)oc3c2C)OC1(C)C. The lowest BCUT2D eigenvalue weighted by molar-refractivity contribution is -0.339. The molecule has 4 rings (SSSR count). The van der Waals surface area contributed by atoms with Gasteiger partial charge >= 0.3 is 5.63 Å². The quantitative estimate of drug-likeness (QED) is 0.379. The van der Waals surface area contributed by atoms with Crippen molar-refractivity contribution in [2.75, 3.05) is 25.7 Å². The van der Waals surface area contributed by atoms with Crippen LogP contribution >= 0.6 is 11.8 Å². The highest BCUT2D eigenvalue weighted by atomic mass is 32.2. The second-order valence-electron chi connectivity index (χ2n) is 9.79. The van der Waals surface area contributed by atoms with Gasteiger partial charge in [0.15, 0.2) is 18.2 Å². The molecule has 11 heteroatoms. The topological polar surface area (TPSA) is 134 Å². The second-order valence-corrected chi connectivity index (χ2v) is 10.7. The summed E-state index contributed by atoms with van der Waals surface area (Å²) in [5, 5.41) is 22.1. The molecular weight excluding hydrogens is 504 g/mol. The Bertz CT molecular complexity index is 1190. The molecule has 2 aliphatic heterocycles. The Balaban J connectivity index is 1.69. The van der Waals surface area contributed by atoms with E-state index in [0.717, 1.165) is 12.8 Å². The molecule has 10 nitrogen and oxygen atoms in total. The minimum absolute atomic E-state index is 0.0374. The van der Waals surface area contributed by atoms with Gasteiger partial charge in [0.1, 0.15) is 34.9 Å². The fourth-order valence-corrected chi connectivity index (χ4v) is 5.31. The summed E-state index contributed by atoms with van der Waals surface area (Å²) < 4.78 is 35.3. The van der Waals surface area contributed by atoms with Gasteiger partial charge in [-0.25, -0.2) is 4.79 Å². The smallest absolute Gasteiger partial charge is 0.351 e. The van der Waals surface area contributed by atoms with Gasteiger partial charge < -0.3 is 38.3 Å². The number of hydrogen-bond acceptors (Lipinski definition) is 11. The number of methoxy groups -OCH3 is 1. The molecule has 1 aromatic heterocycles. The minimum atomic E-state index is -1.09. The highest BCUT2D eigenvalue weighted by Crippen LogP contribution is 2.38. The van der Waals surface area contributed by atoms with Gasteiger partial charge in [-0.3, -0.25) is 4.79 Å². The zero-order valence-electron chi connectivity index (χ0n) is 21.6. The van der Waals surface area contributed by atoms with Gasteiger partial charge in [-0.1, -0.05) is 0 Å². The number of carbonyl (C=O) groups excluding carboxylic acids is 1. The first kappa shape index (κ1) is 27.9. The van der Waals surface area contributed by atoms with E-state index in [4.69, 9.17) is 28.1 Å². The van der Waals surface area contributed by atoms with Crippen molar-refractivity contribution in [3.05, 3.63) is 33.7 Å². The minimum Gasteiger partial charge on any atom is -0.506 e. The van der Waals surface area contributed by atoms with E-state index in [2.05, 4.69) is 0 Å². The third kappa shape index (κ3) is 5.52. The molecule has 0 radical (unpaired) electrons. The second kappa shape index (κ2) is 11.3. The average Bonchev–Trinajstić information content (AvgIpc) is 2.84. The van der Waals surface area contributed by atoms with Crippen LogP contribution in [0, 0.1) is 6.92 Å². The maximum absolute atomic E-state index is 12.6. The molecule has 0 saturated carbocycles. The van der Waals surface area contributed by atoms with Crippen LogP contribution < -0.4 is 10.4 Å². The van der Waals surface area contributed by atoms with Crippen molar-refractivity contribution in [2.45, 2.75) is 76.5 Å². The van der Waals surface area contributed by atoms with E-state index >= 15 is 0 Å². The first-order valence-corrected chi connectivity index (χ1v) is 13.6. The van der Waals surface area contributed by atoms with E-state index in [1.165, 1.54) is 24.9 Å². The third-order valence-corrected chi connectivity index (χ3v) is 7.32. The average molecular weight is 539 g/mol. The van der Waals surface area contributed by atoms with E-state index in [1.54, 1.807) is 33.1 Å². The van der Waals surface area contributed by atoms with Crippen LogP contribution in [0.3, 0.4) is 0 Å². The number of rotatable bonds is 8. The molecule has 204 valence electrons. The van der Waals surface area contributed by atoms with Crippen LogP contribution in [0.2, 0.25) is 0 Å². The molecule has 1 unspecified atom stereocenters. The molecule has 3 heterocycles. The molecule has 2 N–H and O–H groups in total. The molecule has 0 spiro atoms. The van der Waals surface area contributed by atoms with Gasteiger partial charge in [0.25, 0.3) is 0 Å². The molecule has 0 bridgehead atoms. The molecule has 37 heavy (non-hydrogen) atoms. The van der Waals surface area contributed by atoms with Crippen LogP contribution in [0.25, 0.3) is 11.0 Å². The molecule has 2 fully saturated rings. The molecule has 1 aromatic carbocycles. The molecule has 5 atom stereocenters. The first-order valence-electron chi connectivity index (χ1n) is 12.2. The molecule has 2 saturated heterocycles. The number of carbonyl (C=O) groups is 1. The fraction of sp³-hybridized carbons (Fsp3) is 0.615. The van der Waals surface area contributed by atoms with Gasteiger partial charge in [-0.2, -0.15) is 11.8 Å². The van der Waals surface area contributed by atoms with Crippen LogP contribution in [-0.2, 0) is 18.9 Å². The Hall–Kier alpha value is -2.15. The molecule has 2 aromatic rings. The maximum Gasteiger partial charge on any atom is 0.351 e. The summed E-state index contributed by atoms with van der Waals surface area (Å²) in [5.74, 6) is -0.609. The van der Waals surface area contributed by atoms with Gasteiger partial charge in [-0.05, 0) is 58.4 Å². The zero-order chi connectivity index (χ0) is 26.9. The number of aliphatic hydroxyl groups excluding tert-OH is 1. The van der Waals surface area contributed by atoms with Crippen LogP contribution in [0.5, 0.6) is 11.5 Å². The summed E-state index contributed by atoms with van der Waals surface area (Å²) in [6, 6.07) is 3.09. The third-order valence-electron chi connectivity index (χ3n) is 6.77. The van der Waals surface area contributed by atoms with Gasteiger partial charge in [0.2, 0.25) is 6.29 Å². The van der Waals surface area contributed by atoms with Gasteiger partial charge in [-0.15, -0.1) is 0 Å². The number of aliphatic hydroxyl groups is 1. The number of benzene rings is 1. The monoisotopic (exact) mass is 538 g/mol. The number of aromatic hydroxyl groups is 1. The molecule has 0 amide bonds. The lowest BCUT2D eigenvalue weighted by atomic mass is 9.89. The standard InChI is InChI=1S/C26H34O10S/c1-13-16(10-9-14-19(28)18(15(27)12-37-5)24(30)35-21(13)14)33-25-22(34-17-8-6-7-11-32-17)20(29)23(31-4)26(2,3)36-25/h9-10,17,20,22-23,25,28-29H,6-8,11-12H2,1-5H3/t17?,20-,22-,23-,25-/m1/s1. The molecule has 0 aliphatic carbocycles. The predicted molar refractivity (Wildman–Crippen MR) is 136 cm³/mol. The highest BCUT2D eigenvalue weighted by Gasteiger charge is 2.52. The number of ketones is 1. The van der Waals surface area contributed by atoms with Crippen LogP contribution in [0.4, 0.5) is 0 Å². The summed E-state index contributed by atoms with van der Waals surface area (Å²) in [5.41, 5.74) is -1.73. The van der Waals surface area contributed by atoms with Crippen molar-refractivity contribution >= 4 is 28.5 Å². The number of aryl methyl sites for hydroxylation is 1. The van der Waals surface area contributed by atoms with Crippen molar-refractivity contribution in [2.24, 2.45) is 0 Å². The summed E-state index contributed by atoms with van der Waals surface area (Å²) >= 11 is 1.24. The number of thioether (sulfide) groups is 1. The van der Waals surface area contributed by atoms with Crippen LogP contribution in [-0.4, -0.2) is 78.2 Å². The Morgan fingerprint density at radius 2 is 2.03 bits per heavy atom. The Morgan fingerprint density at radius 3 is 2.68 bits per heavy atom. The Labute approximate surface area is 219 Å². The van der Waals surface area contributed by atoms with Gasteiger partial charge in [0.05, 0.1) is 16.7 Å². The molecular formula is C26H34O10S. The predicted octanol–water partition coefficient (Wildman–Crippen LogP) is 3.15. The lowest BCUT2D eigenvalue weighted by Crippen LogP contribution is -2.65. The van der Waals surface area contributed by atoms with Crippen molar-refractivity contribution in [1.29, 1.82) is 0 Å². The summed E-state index contributed by atoms with van der Waals surface area (Å²) in [7, 11) is 1.49. The summed E-state index contributed by atoms with van der Waals surface area (Å²) in [4.78, 5) is 24.9. The van der Waals surface area contributed by atoms with E-state index in [0.29, 0.717) is 24.3 Å². The number of ether oxygens (including phenoxy) is 5. The largest absolute Gasteiger partial charge is 0.506 e.